The molecule has 0 saturated heterocycles. The molecule has 0 fully saturated rings. The number of nitrogens with zero attached hydrogens (tertiary/aromatic N) is 2. The van der Waals surface area contributed by atoms with Crippen molar-refractivity contribution in [1.29, 1.82) is 0 Å². The van der Waals surface area contributed by atoms with E-state index in [4.69, 9.17) is 18.1 Å². The van der Waals surface area contributed by atoms with Gasteiger partial charge in [-0.05, 0) is 31.3 Å². The Morgan fingerprint density at radius 2 is 2.31 bits per heavy atom. The van der Waals surface area contributed by atoms with Crippen molar-refractivity contribution in [2.24, 2.45) is 5.84 Å². The van der Waals surface area contributed by atoms with Crippen LogP contribution in [-0.4, -0.2) is 15.3 Å². The molecule has 1 aromatic rings. The van der Waals surface area contributed by atoms with Gasteiger partial charge in [-0.15, -0.1) is 0 Å². The van der Waals surface area contributed by atoms with Crippen LogP contribution in [0.25, 0.3) is 0 Å². The molecule has 0 spiro atoms. The first kappa shape index (κ1) is 9.82. The van der Waals surface area contributed by atoms with Crippen LogP contribution < -0.4 is 16.6 Å². The predicted octanol–water partition coefficient (Wildman–Crippen LogP) is -0.377. The summed E-state index contributed by atoms with van der Waals surface area (Å²) in [5.74, 6) is 5.07. The number of nitrogens with one attached hydrogen (secondary N) is 2. The largest absolute Gasteiger partial charge is 0.356 e. The van der Waals surface area contributed by atoms with Gasteiger partial charge in [0.2, 0.25) is 0 Å². The molecule has 1 aromatic heterocycles. The monoisotopic (exact) mass is 197 g/mol. The number of rotatable bonds is 2. The minimum atomic E-state index is 0.391. The molecule has 0 aliphatic carbocycles. The number of hydrogen-bond acceptors (Lipinski definition) is 4. The van der Waals surface area contributed by atoms with Crippen LogP contribution >= 0.6 is 12.2 Å². The Hall–Kier alpha value is -1.27. The summed E-state index contributed by atoms with van der Waals surface area (Å²) in [5.41, 5.74) is 4.03. The number of hydrazine groups is 1. The van der Waals surface area contributed by atoms with Crippen molar-refractivity contribution in [2.75, 3.05) is 0 Å². The maximum atomic E-state index is 5.07. The molecule has 0 amide bonds. The summed E-state index contributed by atoms with van der Waals surface area (Å²) in [6, 6.07) is 3.78. The molecule has 0 atom stereocenters. The van der Waals surface area contributed by atoms with Gasteiger partial charge in [-0.2, -0.15) is 10.2 Å². The molecule has 70 valence electrons. The molecule has 0 bridgehead atoms. The number of thiocarbonyl (C=S) groups is 1. The first-order chi connectivity index (χ1) is 6.22. The summed E-state index contributed by atoms with van der Waals surface area (Å²) in [6.45, 7) is 2.41. The molecule has 0 aromatic carbocycles. The van der Waals surface area contributed by atoms with Crippen LogP contribution in [0.15, 0.2) is 12.1 Å². The van der Waals surface area contributed by atoms with E-state index >= 15 is 0 Å². The highest BCUT2D eigenvalue weighted by molar-refractivity contribution is 7.80. The second-order valence-electron chi connectivity index (χ2n) is 2.49. The van der Waals surface area contributed by atoms with Crippen molar-refractivity contribution in [1.82, 2.24) is 20.9 Å². The molecule has 0 radical (unpaired) electrons. The van der Waals surface area contributed by atoms with Crippen molar-refractivity contribution >= 4 is 17.3 Å². The van der Waals surface area contributed by atoms with Gasteiger partial charge in [-0.3, -0.25) is 0 Å². The van der Waals surface area contributed by atoms with Gasteiger partial charge in [0, 0.05) is 0 Å². The Bertz CT molecular complexity index is 283. The topological polar surface area (TPSA) is 75.9 Å². The molecule has 0 unspecified atom stereocenters. The zero-order valence-corrected chi connectivity index (χ0v) is 8.06. The third-order valence-corrected chi connectivity index (χ3v) is 1.68. The lowest BCUT2D eigenvalue weighted by Crippen LogP contribution is -2.39. The lowest BCUT2D eigenvalue weighted by molar-refractivity contribution is 0.802. The maximum Gasteiger partial charge on any atom is 0.180 e. The zero-order chi connectivity index (χ0) is 9.68. The standard InChI is InChI=1S/C7H11N5S/c1-5-2-3-6(12-11-5)4-9-7(13)10-8/h2-3H,4,8H2,1H3,(H2,9,10,13). The quantitative estimate of drug-likeness (QED) is 0.341. The van der Waals surface area contributed by atoms with Crippen LogP contribution in [0, 0.1) is 6.92 Å². The Morgan fingerprint density at radius 3 is 2.85 bits per heavy atom. The van der Waals surface area contributed by atoms with Crippen LogP contribution in [0.5, 0.6) is 0 Å². The molecule has 6 heteroatoms. The SMILES string of the molecule is Cc1ccc(CNC(=S)NN)nn1. The van der Waals surface area contributed by atoms with Crippen molar-refractivity contribution in [3.63, 3.8) is 0 Å². The molecule has 0 aliphatic heterocycles. The van der Waals surface area contributed by atoms with E-state index < -0.39 is 0 Å². The summed E-state index contributed by atoms with van der Waals surface area (Å²) >= 11 is 4.78. The summed E-state index contributed by atoms with van der Waals surface area (Å²) in [7, 11) is 0. The van der Waals surface area contributed by atoms with Gasteiger partial charge in [0.15, 0.2) is 5.11 Å². The Kier molecular flexibility index (Phi) is 3.53. The third kappa shape index (κ3) is 3.30. The van der Waals surface area contributed by atoms with E-state index in [9.17, 15) is 0 Å². The molecule has 5 nitrogen and oxygen atoms in total. The second-order valence-corrected chi connectivity index (χ2v) is 2.90. The number of hydrogen-bond donors (Lipinski definition) is 3. The minimum absolute atomic E-state index is 0.391. The average Bonchev–Trinajstić information content (AvgIpc) is 2.16. The average molecular weight is 197 g/mol. The van der Waals surface area contributed by atoms with Gasteiger partial charge in [-0.25, -0.2) is 5.84 Å². The summed E-state index contributed by atoms with van der Waals surface area (Å²) in [4.78, 5) is 0. The summed E-state index contributed by atoms with van der Waals surface area (Å²) in [6.07, 6.45) is 0. The highest BCUT2D eigenvalue weighted by Gasteiger charge is 1.95. The third-order valence-electron chi connectivity index (χ3n) is 1.41. The van der Waals surface area contributed by atoms with Crippen LogP contribution in [0.2, 0.25) is 0 Å². The van der Waals surface area contributed by atoms with E-state index in [1.54, 1.807) is 0 Å². The second kappa shape index (κ2) is 4.68. The van der Waals surface area contributed by atoms with Crippen molar-refractivity contribution in [3.05, 3.63) is 23.5 Å². The predicted molar refractivity (Wildman–Crippen MR) is 53.5 cm³/mol. The number of aromatic nitrogens is 2. The first-order valence-corrected chi connectivity index (χ1v) is 4.17. The first-order valence-electron chi connectivity index (χ1n) is 3.76. The molecule has 0 saturated carbocycles. The summed E-state index contributed by atoms with van der Waals surface area (Å²) < 4.78 is 0. The van der Waals surface area contributed by atoms with E-state index in [1.165, 1.54) is 0 Å². The van der Waals surface area contributed by atoms with Gasteiger partial charge in [0.25, 0.3) is 0 Å². The fourth-order valence-corrected chi connectivity index (χ4v) is 0.815. The van der Waals surface area contributed by atoms with E-state index in [0.29, 0.717) is 11.7 Å². The van der Waals surface area contributed by atoms with Crippen molar-refractivity contribution in [3.8, 4) is 0 Å². The lowest BCUT2D eigenvalue weighted by Gasteiger charge is -2.05. The van der Waals surface area contributed by atoms with E-state index in [0.717, 1.165) is 11.4 Å². The smallest absolute Gasteiger partial charge is 0.180 e. The summed E-state index contributed by atoms with van der Waals surface area (Å²) in [5, 5.41) is 11.1. The van der Waals surface area contributed by atoms with E-state index in [1.807, 2.05) is 19.1 Å². The molecule has 13 heavy (non-hydrogen) atoms. The Labute approximate surface area is 81.7 Å². The minimum Gasteiger partial charge on any atom is -0.356 e. The van der Waals surface area contributed by atoms with Gasteiger partial charge in [-0.1, -0.05) is 0 Å². The van der Waals surface area contributed by atoms with Crippen molar-refractivity contribution < 1.29 is 0 Å². The Balaban J connectivity index is 2.46. The van der Waals surface area contributed by atoms with E-state index in [-0.39, 0.29) is 0 Å². The number of aryl methyl sites for hydroxylation is 1. The van der Waals surface area contributed by atoms with Crippen LogP contribution in [0.3, 0.4) is 0 Å². The van der Waals surface area contributed by atoms with Crippen molar-refractivity contribution in [2.45, 2.75) is 13.5 Å². The lowest BCUT2D eigenvalue weighted by atomic mass is 10.3. The van der Waals surface area contributed by atoms with Crippen LogP contribution in [-0.2, 0) is 6.54 Å². The van der Waals surface area contributed by atoms with Crippen LogP contribution in [0.1, 0.15) is 11.4 Å². The molecule has 1 heterocycles. The molecular weight excluding hydrogens is 186 g/mol. The highest BCUT2D eigenvalue weighted by Crippen LogP contribution is 1.93. The van der Waals surface area contributed by atoms with Crippen LogP contribution in [0.4, 0.5) is 0 Å². The fourth-order valence-electron chi connectivity index (χ4n) is 0.743. The van der Waals surface area contributed by atoms with E-state index in [2.05, 4.69) is 20.9 Å². The Morgan fingerprint density at radius 1 is 1.54 bits per heavy atom. The molecular formula is C7H11N5S. The van der Waals surface area contributed by atoms with Gasteiger partial charge in [0.1, 0.15) is 0 Å². The van der Waals surface area contributed by atoms with Gasteiger partial charge >= 0.3 is 0 Å². The molecule has 0 aliphatic rings. The fraction of sp³-hybridized carbons (Fsp3) is 0.286. The normalized spacial score (nSPS) is 9.38. The molecule has 4 N–H and O–H groups in total. The molecule has 1 rings (SSSR count). The van der Waals surface area contributed by atoms with Gasteiger partial charge in [0.05, 0.1) is 17.9 Å². The van der Waals surface area contributed by atoms with Gasteiger partial charge < -0.3 is 10.7 Å². The zero-order valence-electron chi connectivity index (χ0n) is 7.24. The maximum absolute atomic E-state index is 5.07. The number of nitrogens with two attached hydrogens (primary N) is 1. The highest BCUT2D eigenvalue weighted by atomic mass is 32.1.